The van der Waals surface area contributed by atoms with E-state index < -0.39 is 0 Å². The van der Waals surface area contributed by atoms with Gasteiger partial charge in [0.2, 0.25) is 5.82 Å². The van der Waals surface area contributed by atoms with Gasteiger partial charge in [-0.15, -0.1) is 5.10 Å². The van der Waals surface area contributed by atoms with E-state index in [4.69, 9.17) is 23.2 Å². The first kappa shape index (κ1) is 12.1. The lowest BCUT2D eigenvalue weighted by atomic mass is 10.3. The van der Waals surface area contributed by atoms with Gasteiger partial charge in [-0.25, -0.2) is 9.67 Å². The molecule has 88 valence electrons. The minimum absolute atomic E-state index is 0.175. The van der Waals surface area contributed by atoms with Crippen molar-refractivity contribution in [2.45, 2.75) is 13.8 Å². The molecule has 0 aliphatic heterocycles. The molecule has 1 aromatic carbocycles. The van der Waals surface area contributed by atoms with E-state index in [0.29, 0.717) is 21.6 Å². The van der Waals surface area contributed by atoms with E-state index in [-0.39, 0.29) is 11.6 Å². The molecule has 0 atom stereocenters. The highest BCUT2D eigenvalue weighted by Crippen LogP contribution is 2.24. The molecule has 1 aromatic heterocycles. The van der Waals surface area contributed by atoms with Crippen LogP contribution >= 0.6 is 23.2 Å². The van der Waals surface area contributed by atoms with Gasteiger partial charge in [0.1, 0.15) is 5.82 Å². The normalized spacial score (nSPS) is 10.6. The number of Topliss-reactive ketones (excluding diaryl/α,β-unsaturated/α-hetero) is 1. The maximum Gasteiger partial charge on any atom is 0.217 e. The maximum absolute atomic E-state index is 11.2. The first-order valence-electron chi connectivity index (χ1n) is 4.89. The molecule has 0 amide bonds. The van der Waals surface area contributed by atoms with Gasteiger partial charge in [-0.05, 0) is 25.1 Å². The minimum atomic E-state index is -0.183. The smallest absolute Gasteiger partial charge is 0.217 e. The second-order valence-electron chi connectivity index (χ2n) is 3.55. The molecule has 0 saturated carbocycles. The number of benzene rings is 1. The van der Waals surface area contributed by atoms with E-state index in [1.54, 1.807) is 25.1 Å². The average molecular weight is 270 g/mol. The molecule has 0 aliphatic carbocycles. The molecule has 6 heteroatoms. The first-order valence-corrected chi connectivity index (χ1v) is 5.64. The second-order valence-corrected chi connectivity index (χ2v) is 4.39. The van der Waals surface area contributed by atoms with Gasteiger partial charge in [0, 0.05) is 11.9 Å². The third-order valence-electron chi connectivity index (χ3n) is 2.22. The SMILES string of the molecule is CC(=O)c1nc(C)n(-c2ccc(Cl)cc2Cl)n1. The van der Waals surface area contributed by atoms with Crippen LogP contribution in [-0.2, 0) is 0 Å². The molecular weight excluding hydrogens is 261 g/mol. The van der Waals surface area contributed by atoms with Crippen molar-refractivity contribution in [3.63, 3.8) is 0 Å². The van der Waals surface area contributed by atoms with Crippen molar-refractivity contribution in [3.8, 4) is 5.69 Å². The summed E-state index contributed by atoms with van der Waals surface area (Å²) in [5.74, 6) is 0.588. The second kappa shape index (κ2) is 4.47. The van der Waals surface area contributed by atoms with Gasteiger partial charge in [-0.2, -0.15) is 0 Å². The zero-order valence-electron chi connectivity index (χ0n) is 9.24. The molecule has 4 nitrogen and oxygen atoms in total. The standard InChI is InChI=1S/C11H9Cl2N3O/c1-6(17)11-14-7(2)16(15-11)10-4-3-8(12)5-9(10)13/h3-5H,1-2H3. The Bertz CT molecular complexity index is 592. The molecule has 0 bridgehead atoms. The number of carbonyl (C=O) groups is 1. The van der Waals surface area contributed by atoms with Crippen LogP contribution in [0.3, 0.4) is 0 Å². The first-order chi connectivity index (χ1) is 7.99. The number of nitrogens with zero attached hydrogens (tertiary/aromatic N) is 3. The largest absolute Gasteiger partial charge is 0.291 e. The van der Waals surface area contributed by atoms with Crippen molar-refractivity contribution >= 4 is 29.0 Å². The maximum atomic E-state index is 11.2. The topological polar surface area (TPSA) is 47.8 Å². The summed E-state index contributed by atoms with van der Waals surface area (Å²) >= 11 is 11.9. The summed E-state index contributed by atoms with van der Waals surface area (Å²) < 4.78 is 1.52. The summed E-state index contributed by atoms with van der Waals surface area (Å²) in [6.45, 7) is 3.17. The van der Waals surface area contributed by atoms with Crippen LogP contribution in [0.25, 0.3) is 5.69 Å². The molecule has 0 aliphatic rings. The van der Waals surface area contributed by atoms with E-state index in [9.17, 15) is 4.79 Å². The third kappa shape index (κ3) is 2.33. The van der Waals surface area contributed by atoms with Crippen molar-refractivity contribution in [2.75, 3.05) is 0 Å². The van der Waals surface area contributed by atoms with Gasteiger partial charge in [0.15, 0.2) is 5.78 Å². The van der Waals surface area contributed by atoms with Crippen molar-refractivity contribution in [1.29, 1.82) is 0 Å². The van der Waals surface area contributed by atoms with E-state index >= 15 is 0 Å². The van der Waals surface area contributed by atoms with E-state index in [1.807, 2.05) is 0 Å². The summed E-state index contributed by atoms with van der Waals surface area (Å²) in [7, 11) is 0. The summed E-state index contributed by atoms with van der Waals surface area (Å²) in [4.78, 5) is 15.2. The monoisotopic (exact) mass is 269 g/mol. The van der Waals surface area contributed by atoms with Crippen LogP contribution in [0.5, 0.6) is 0 Å². The van der Waals surface area contributed by atoms with Crippen molar-refractivity contribution < 1.29 is 4.79 Å². The fourth-order valence-corrected chi connectivity index (χ4v) is 1.91. The molecule has 0 saturated heterocycles. The van der Waals surface area contributed by atoms with Crippen LogP contribution in [0.2, 0.25) is 10.0 Å². The van der Waals surface area contributed by atoms with E-state index in [0.717, 1.165) is 0 Å². The Morgan fingerprint density at radius 1 is 1.35 bits per heavy atom. The van der Waals surface area contributed by atoms with Crippen LogP contribution in [0, 0.1) is 6.92 Å². The highest BCUT2D eigenvalue weighted by Gasteiger charge is 2.13. The van der Waals surface area contributed by atoms with E-state index in [1.165, 1.54) is 11.6 Å². The predicted molar refractivity (Wildman–Crippen MR) is 66.1 cm³/mol. The Balaban J connectivity index is 2.56. The number of aromatic nitrogens is 3. The minimum Gasteiger partial charge on any atom is -0.291 e. The van der Waals surface area contributed by atoms with E-state index in [2.05, 4.69) is 10.1 Å². The molecule has 0 unspecified atom stereocenters. The molecule has 2 rings (SSSR count). The van der Waals surface area contributed by atoms with Gasteiger partial charge in [-0.3, -0.25) is 4.79 Å². The van der Waals surface area contributed by atoms with Crippen molar-refractivity contribution in [3.05, 3.63) is 39.9 Å². The number of carbonyl (C=O) groups excluding carboxylic acids is 1. The Morgan fingerprint density at radius 2 is 2.06 bits per heavy atom. The van der Waals surface area contributed by atoms with Crippen molar-refractivity contribution in [2.24, 2.45) is 0 Å². The quantitative estimate of drug-likeness (QED) is 0.788. The summed E-state index contributed by atoms with van der Waals surface area (Å²) in [6, 6.07) is 5.06. The Morgan fingerprint density at radius 3 is 2.59 bits per heavy atom. The highest BCUT2D eigenvalue weighted by atomic mass is 35.5. The number of rotatable bonds is 2. The fourth-order valence-electron chi connectivity index (χ4n) is 1.42. The zero-order valence-corrected chi connectivity index (χ0v) is 10.7. The van der Waals surface area contributed by atoms with Crippen LogP contribution in [-0.4, -0.2) is 20.5 Å². The highest BCUT2D eigenvalue weighted by molar-refractivity contribution is 6.35. The summed E-state index contributed by atoms with van der Waals surface area (Å²) in [5, 5.41) is 5.10. The van der Waals surface area contributed by atoms with Gasteiger partial charge >= 0.3 is 0 Å². The molecule has 0 fully saturated rings. The molecule has 0 radical (unpaired) electrons. The molecule has 2 aromatic rings. The Hall–Kier alpha value is -1.39. The lowest BCUT2D eigenvalue weighted by molar-refractivity contribution is 0.100. The summed E-state index contributed by atoms with van der Waals surface area (Å²) in [6.07, 6.45) is 0. The number of ketones is 1. The summed E-state index contributed by atoms with van der Waals surface area (Å²) in [5.41, 5.74) is 0.647. The van der Waals surface area contributed by atoms with Gasteiger partial charge in [-0.1, -0.05) is 23.2 Å². The average Bonchev–Trinajstić information content (AvgIpc) is 2.61. The fraction of sp³-hybridized carbons (Fsp3) is 0.182. The lowest BCUT2D eigenvalue weighted by Crippen LogP contribution is -2.01. The van der Waals surface area contributed by atoms with Gasteiger partial charge in [0.05, 0.1) is 10.7 Å². The number of aryl methyl sites for hydroxylation is 1. The number of halogens is 2. The zero-order chi connectivity index (χ0) is 12.6. The van der Waals surface area contributed by atoms with Crippen LogP contribution in [0.1, 0.15) is 23.4 Å². The number of hydrogen-bond acceptors (Lipinski definition) is 3. The van der Waals surface area contributed by atoms with Crippen LogP contribution in [0.4, 0.5) is 0 Å². The molecule has 0 spiro atoms. The molecule has 1 heterocycles. The van der Waals surface area contributed by atoms with Gasteiger partial charge < -0.3 is 0 Å². The lowest BCUT2D eigenvalue weighted by Gasteiger charge is -2.05. The molecular formula is C11H9Cl2N3O. The predicted octanol–water partition coefficient (Wildman–Crippen LogP) is 3.09. The number of hydrogen-bond donors (Lipinski definition) is 0. The van der Waals surface area contributed by atoms with Crippen molar-refractivity contribution in [1.82, 2.24) is 14.8 Å². The Labute approximate surface area is 108 Å². The molecule has 0 N–H and O–H groups in total. The third-order valence-corrected chi connectivity index (χ3v) is 2.76. The van der Waals surface area contributed by atoms with Gasteiger partial charge in [0.25, 0.3) is 0 Å². The molecule has 17 heavy (non-hydrogen) atoms. The van der Waals surface area contributed by atoms with Crippen LogP contribution < -0.4 is 0 Å². The van der Waals surface area contributed by atoms with Crippen LogP contribution in [0.15, 0.2) is 18.2 Å². The Kier molecular flexibility index (Phi) is 3.17.